The summed E-state index contributed by atoms with van der Waals surface area (Å²) in [4.78, 5) is 12.8. The first-order valence-electron chi connectivity index (χ1n) is 7.98. The molecule has 0 aliphatic heterocycles. The van der Waals surface area contributed by atoms with Crippen LogP contribution in [0.15, 0.2) is 30.3 Å². The lowest BCUT2D eigenvalue weighted by molar-refractivity contribution is -0.153. The minimum absolute atomic E-state index is 0.0139. The van der Waals surface area contributed by atoms with E-state index >= 15 is 0 Å². The Morgan fingerprint density at radius 2 is 1.85 bits per heavy atom. The Kier molecular flexibility index (Phi) is 5.22. The summed E-state index contributed by atoms with van der Waals surface area (Å²) in [7, 11) is 0. The number of esters is 1. The fourth-order valence-electron chi connectivity index (χ4n) is 3.78. The Labute approximate surface area is 122 Å². The maximum Gasteiger partial charge on any atom is 0.316 e. The molecule has 0 radical (unpaired) electrons. The molecule has 110 valence electrons. The minimum Gasteiger partial charge on any atom is -0.465 e. The summed E-state index contributed by atoms with van der Waals surface area (Å²) in [6, 6.07) is 10.3. The van der Waals surface area contributed by atoms with Crippen molar-refractivity contribution in [3.8, 4) is 0 Å². The van der Waals surface area contributed by atoms with E-state index in [0.29, 0.717) is 12.5 Å². The van der Waals surface area contributed by atoms with Gasteiger partial charge in [-0.2, -0.15) is 0 Å². The molecule has 1 atom stereocenters. The van der Waals surface area contributed by atoms with E-state index in [9.17, 15) is 4.79 Å². The van der Waals surface area contributed by atoms with Crippen LogP contribution in [0.4, 0.5) is 0 Å². The summed E-state index contributed by atoms with van der Waals surface area (Å²) < 4.78 is 5.49. The SMILES string of the molecule is CCCC(C(=O)OCC)(c1ccccc1)C1CCCC1. The molecule has 0 heterocycles. The van der Waals surface area contributed by atoms with E-state index < -0.39 is 5.41 Å². The second-order valence-corrected chi connectivity index (χ2v) is 5.79. The number of carbonyl (C=O) groups is 1. The number of hydrogen-bond acceptors (Lipinski definition) is 2. The molecule has 1 aromatic carbocycles. The molecular formula is C18H26O2. The molecular weight excluding hydrogens is 248 g/mol. The normalized spacial score (nSPS) is 18.7. The lowest BCUT2D eigenvalue weighted by Gasteiger charge is -2.37. The lowest BCUT2D eigenvalue weighted by Crippen LogP contribution is -2.43. The molecule has 0 spiro atoms. The molecule has 0 aromatic heterocycles. The predicted molar refractivity (Wildman–Crippen MR) is 81.6 cm³/mol. The summed E-state index contributed by atoms with van der Waals surface area (Å²) in [5.74, 6) is 0.420. The molecule has 1 saturated carbocycles. The van der Waals surface area contributed by atoms with E-state index in [2.05, 4.69) is 19.1 Å². The van der Waals surface area contributed by atoms with Crippen molar-refractivity contribution in [2.24, 2.45) is 5.92 Å². The van der Waals surface area contributed by atoms with Crippen LogP contribution in [0.25, 0.3) is 0 Å². The van der Waals surface area contributed by atoms with Gasteiger partial charge in [-0.3, -0.25) is 4.79 Å². The molecule has 1 aliphatic carbocycles. The van der Waals surface area contributed by atoms with Crippen LogP contribution in [0.5, 0.6) is 0 Å². The first-order chi connectivity index (χ1) is 9.75. The van der Waals surface area contributed by atoms with Crippen molar-refractivity contribution in [1.82, 2.24) is 0 Å². The highest BCUT2D eigenvalue weighted by Gasteiger charge is 2.48. The number of ether oxygens (including phenoxy) is 1. The fourth-order valence-corrected chi connectivity index (χ4v) is 3.78. The molecule has 0 amide bonds. The molecule has 2 nitrogen and oxygen atoms in total. The summed E-state index contributed by atoms with van der Waals surface area (Å²) in [6.07, 6.45) is 6.66. The van der Waals surface area contributed by atoms with Gasteiger partial charge in [0.1, 0.15) is 0 Å². The molecule has 1 fully saturated rings. The van der Waals surface area contributed by atoms with Crippen LogP contribution < -0.4 is 0 Å². The highest BCUT2D eigenvalue weighted by molar-refractivity contribution is 5.83. The molecule has 1 aliphatic rings. The van der Waals surface area contributed by atoms with Crippen LogP contribution in [0.3, 0.4) is 0 Å². The summed E-state index contributed by atoms with van der Waals surface area (Å²) in [6.45, 7) is 4.52. The highest BCUT2D eigenvalue weighted by Crippen LogP contribution is 2.46. The zero-order valence-electron chi connectivity index (χ0n) is 12.7. The van der Waals surface area contributed by atoms with Gasteiger partial charge in [-0.1, -0.05) is 56.5 Å². The Hall–Kier alpha value is -1.31. The summed E-state index contributed by atoms with van der Waals surface area (Å²) in [5, 5.41) is 0. The van der Waals surface area contributed by atoms with Gasteiger partial charge in [-0.25, -0.2) is 0 Å². The van der Waals surface area contributed by atoms with E-state index in [1.807, 2.05) is 25.1 Å². The van der Waals surface area contributed by atoms with Gasteiger partial charge in [0.05, 0.1) is 12.0 Å². The predicted octanol–water partition coefficient (Wildman–Crippen LogP) is 4.48. The van der Waals surface area contributed by atoms with Gasteiger partial charge in [0.25, 0.3) is 0 Å². The number of rotatable bonds is 6. The molecule has 0 saturated heterocycles. The van der Waals surface area contributed by atoms with E-state index in [-0.39, 0.29) is 5.97 Å². The minimum atomic E-state index is -0.428. The van der Waals surface area contributed by atoms with Crippen LogP contribution in [-0.4, -0.2) is 12.6 Å². The van der Waals surface area contributed by atoms with Crippen LogP contribution in [0.1, 0.15) is 57.9 Å². The van der Waals surface area contributed by atoms with Crippen LogP contribution in [0, 0.1) is 5.92 Å². The average molecular weight is 274 g/mol. The topological polar surface area (TPSA) is 26.3 Å². The van der Waals surface area contributed by atoms with Crippen molar-refractivity contribution < 1.29 is 9.53 Å². The Morgan fingerprint density at radius 3 is 2.40 bits per heavy atom. The van der Waals surface area contributed by atoms with E-state index in [1.54, 1.807) is 0 Å². The van der Waals surface area contributed by atoms with E-state index in [0.717, 1.165) is 31.2 Å². The molecule has 0 N–H and O–H groups in total. The molecule has 0 bridgehead atoms. The van der Waals surface area contributed by atoms with Gasteiger partial charge >= 0.3 is 5.97 Å². The van der Waals surface area contributed by atoms with E-state index in [1.165, 1.54) is 12.8 Å². The molecule has 1 aromatic rings. The zero-order valence-corrected chi connectivity index (χ0v) is 12.7. The van der Waals surface area contributed by atoms with Crippen LogP contribution in [-0.2, 0) is 14.9 Å². The van der Waals surface area contributed by atoms with Crippen molar-refractivity contribution in [3.63, 3.8) is 0 Å². The summed E-state index contributed by atoms with van der Waals surface area (Å²) >= 11 is 0. The zero-order chi connectivity index (χ0) is 14.4. The monoisotopic (exact) mass is 274 g/mol. The quantitative estimate of drug-likeness (QED) is 0.715. The Bertz CT molecular complexity index is 420. The Balaban J connectivity index is 2.45. The smallest absolute Gasteiger partial charge is 0.316 e. The number of carbonyl (C=O) groups excluding carboxylic acids is 1. The van der Waals surface area contributed by atoms with Gasteiger partial charge in [0.2, 0.25) is 0 Å². The molecule has 20 heavy (non-hydrogen) atoms. The van der Waals surface area contributed by atoms with E-state index in [4.69, 9.17) is 4.74 Å². The molecule has 2 heteroatoms. The molecule has 2 rings (SSSR count). The Morgan fingerprint density at radius 1 is 1.20 bits per heavy atom. The largest absolute Gasteiger partial charge is 0.465 e. The number of hydrogen-bond donors (Lipinski definition) is 0. The summed E-state index contributed by atoms with van der Waals surface area (Å²) in [5.41, 5.74) is 0.718. The first-order valence-corrected chi connectivity index (χ1v) is 7.98. The van der Waals surface area contributed by atoms with Gasteiger partial charge in [0.15, 0.2) is 0 Å². The first kappa shape index (κ1) is 15.1. The maximum absolute atomic E-state index is 12.8. The van der Waals surface area contributed by atoms with Crippen molar-refractivity contribution in [1.29, 1.82) is 0 Å². The van der Waals surface area contributed by atoms with Crippen molar-refractivity contribution in [2.45, 2.75) is 57.8 Å². The average Bonchev–Trinajstić information content (AvgIpc) is 3.00. The van der Waals surface area contributed by atoms with Crippen LogP contribution in [0.2, 0.25) is 0 Å². The third-order valence-electron chi connectivity index (χ3n) is 4.63. The fraction of sp³-hybridized carbons (Fsp3) is 0.611. The second kappa shape index (κ2) is 6.92. The van der Waals surface area contributed by atoms with Gasteiger partial charge < -0.3 is 4.74 Å². The lowest BCUT2D eigenvalue weighted by atomic mass is 9.66. The van der Waals surface area contributed by atoms with Gasteiger partial charge in [-0.05, 0) is 37.7 Å². The highest BCUT2D eigenvalue weighted by atomic mass is 16.5. The molecule has 1 unspecified atom stereocenters. The van der Waals surface area contributed by atoms with Crippen molar-refractivity contribution in [3.05, 3.63) is 35.9 Å². The van der Waals surface area contributed by atoms with Crippen molar-refractivity contribution >= 4 is 5.97 Å². The third kappa shape index (κ3) is 2.74. The van der Waals surface area contributed by atoms with Gasteiger partial charge in [0, 0.05) is 0 Å². The third-order valence-corrected chi connectivity index (χ3v) is 4.63. The standard InChI is InChI=1S/C18H26O2/c1-3-14-18(17(19)20-4-2,16-12-8-9-13-16)15-10-6-5-7-11-15/h5-7,10-11,16H,3-4,8-9,12-14H2,1-2H3. The van der Waals surface area contributed by atoms with Crippen LogP contribution >= 0.6 is 0 Å². The van der Waals surface area contributed by atoms with Crippen molar-refractivity contribution in [2.75, 3.05) is 6.61 Å². The second-order valence-electron chi connectivity index (χ2n) is 5.79. The number of benzene rings is 1. The van der Waals surface area contributed by atoms with Gasteiger partial charge in [-0.15, -0.1) is 0 Å². The maximum atomic E-state index is 12.8.